The van der Waals surface area contributed by atoms with Gasteiger partial charge in [-0.2, -0.15) is 0 Å². The molecule has 2 saturated heterocycles. The number of rotatable bonds is 4. The number of carbonyl (C=O) groups excluding carboxylic acids is 1. The Bertz CT molecular complexity index is 862. The quantitative estimate of drug-likeness (QED) is 0.794. The molecule has 4 rings (SSSR count). The van der Waals surface area contributed by atoms with Crippen LogP contribution in [0.1, 0.15) is 24.6 Å². The highest BCUT2D eigenvalue weighted by Gasteiger charge is 2.27. The molecule has 0 spiro atoms. The van der Waals surface area contributed by atoms with Gasteiger partial charge in [-0.1, -0.05) is 6.07 Å². The van der Waals surface area contributed by atoms with Crippen LogP contribution < -0.4 is 10.5 Å². The van der Waals surface area contributed by atoms with Crippen LogP contribution >= 0.6 is 0 Å². The van der Waals surface area contributed by atoms with Gasteiger partial charge in [0.2, 0.25) is 11.9 Å². The molecule has 2 aromatic heterocycles. The van der Waals surface area contributed by atoms with Gasteiger partial charge in [0.1, 0.15) is 12.6 Å². The fourth-order valence-corrected chi connectivity index (χ4v) is 3.50. The number of carbonyl (C=O) groups is 1. The van der Waals surface area contributed by atoms with Crippen molar-refractivity contribution in [2.45, 2.75) is 25.5 Å². The van der Waals surface area contributed by atoms with Crippen molar-refractivity contribution in [3.05, 3.63) is 52.7 Å². The molecule has 1 unspecified atom stereocenters. The zero-order valence-electron chi connectivity index (χ0n) is 15.2. The van der Waals surface area contributed by atoms with Crippen molar-refractivity contribution in [3.63, 3.8) is 0 Å². The highest BCUT2D eigenvalue weighted by atomic mass is 16.5. The molecule has 8 heteroatoms. The average molecular weight is 369 g/mol. The summed E-state index contributed by atoms with van der Waals surface area (Å²) >= 11 is 0. The summed E-state index contributed by atoms with van der Waals surface area (Å²) in [6.45, 7) is 3.38. The first-order valence-corrected chi connectivity index (χ1v) is 9.33. The Kier molecular flexibility index (Phi) is 5.15. The molecule has 4 heterocycles. The Balaban J connectivity index is 1.45. The molecule has 0 radical (unpaired) electrons. The minimum Gasteiger partial charge on any atom is -0.368 e. The van der Waals surface area contributed by atoms with E-state index in [4.69, 9.17) is 4.74 Å². The fourth-order valence-electron chi connectivity index (χ4n) is 3.50. The van der Waals surface area contributed by atoms with Gasteiger partial charge in [-0.3, -0.25) is 9.59 Å². The van der Waals surface area contributed by atoms with E-state index in [9.17, 15) is 9.59 Å². The molecule has 0 aliphatic carbocycles. The van der Waals surface area contributed by atoms with Crippen LogP contribution in [0.25, 0.3) is 0 Å². The number of anilines is 1. The normalized spacial score (nSPS) is 20.1. The van der Waals surface area contributed by atoms with Gasteiger partial charge in [0.25, 0.3) is 5.56 Å². The van der Waals surface area contributed by atoms with Crippen LogP contribution in [0.4, 0.5) is 5.95 Å². The summed E-state index contributed by atoms with van der Waals surface area (Å²) in [6, 6.07) is 6.72. The van der Waals surface area contributed by atoms with Crippen molar-refractivity contribution < 1.29 is 9.53 Å². The van der Waals surface area contributed by atoms with Gasteiger partial charge < -0.3 is 19.1 Å². The third-order valence-electron chi connectivity index (χ3n) is 5.01. The van der Waals surface area contributed by atoms with Gasteiger partial charge in [0.05, 0.1) is 18.8 Å². The molecule has 0 aromatic carbocycles. The smallest absolute Gasteiger partial charge is 0.250 e. The molecule has 0 N–H and O–H groups in total. The minimum atomic E-state index is -0.278. The molecule has 0 saturated carbocycles. The largest absolute Gasteiger partial charge is 0.368 e. The molecule has 2 aromatic rings. The van der Waals surface area contributed by atoms with Gasteiger partial charge in [0.15, 0.2) is 0 Å². The van der Waals surface area contributed by atoms with Gasteiger partial charge in [-0.15, -0.1) is 0 Å². The molecule has 2 aliphatic rings. The van der Waals surface area contributed by atoms with E-state index < -0.39 is 0 Å². The van der Waals surface area contributed by atoms with Crippen molar-refractivity contribution >= 4 is 11.9 Å². The lowest BCUT2D eigenvalue weighted by atomic mass is 10.2. The summed E-state index contributed by atoms with van der Waals surface area (Å²) in [5.41, 5.74) is 0.614. The maximum atomic E-state index is 12.6. The fraction of sp³-hybridized carbons (Fsp3) is 0.474. The summed E-state index contributed by atoms with van der Waals surface area (Å²) in [5, 5.41) is 0. The lowest BCUT2D eigenvalue weighted by Gasteiger charge is -2.33. The van der Waals surface area contributed by atoms with Gasteiger partial charge in [-0.05, 0) is 25.0 Å². The SMILES string of the molecule is O=C(Cn1ccccc1=O)N1CCOC(c2ccnc(N3CCCC3)n2)C1. The summed E-state index contributed by atoms with van der Waals surface area (Å²) < 4.78 is 7.28. The average Bonchev–Trinajstić information content (AvgIpc) is 3.25. The third-order valence-corrected chi connectivity index (χ3v) is 5.01. The zero-order valence-corrected chi connectivity index (χ0v) is 15.2. The third kappa shape index (κ3) is 4.00. The number of morpholine rings is 1. The van der Waals surface area contributed by atoms with E-state index >= 15 is 0 Å². The summed E-state index contributed by atoms with van der Waals surface area (Å²) in [6.07, 6.45) is 5.43. The number of hydrogen-bond acceptors (Lipinski definition) is 6. The topological polar surface area (TPSA) is 80.6 Å². The predicted molar refractivity (Wildman–Crippen MR) is 99.5 cm³/mol. The Morgan fingerprint density at radius 2 is 2.04 bits per heavy atom. The molecule has 1 amide bonds. The van der Waals surface area contributed by atoms with Crippen LogP contribution in [0.3, 0.4) is 0 Å². The van der Waals surface area contributed by atoms with Gasteiger partial charge in [0, 0.05) is 38.1 Å². The van der Waals surface area contributed by atoms with E-state index in [0.29, 0.717) is 19.7 Å². The Hall–Kier alpha value is -2.74. The molecule has 2 fully saturated rings. The van der Waals surface area contributed by atoms with Crippen LogP contribution in [-0.2, 0) is 16.1 Å². The second kappa shape index (κ2) is 7.87. The number of amides is 1. The molecule has 27 heavy (non-hydrogen) atoms. The first-order valence-electron chi connectivity index (χ1n) is 9.33. The van der Waals surface area contributed by atoms with E-state index in [1.807, 2.05) is 6.07 Å². The van der Waals surface area contributed by atoms with Crippen LogP contribution in [-0.4, -0.2) is 58.1 Å². The van der Waals surface area contributed by atoms with Crippen molar-refractivity contribution in [1.29, 1.82) is 0 Å². The molecule has 2 aliphatic heterocycles. The van der Waals surface area contributed by atoms with E-state index in [0.717, 1.165) is 37.6 Å². The maximum absolute atomic E-state index is 12.6. The van der Waals surface area contributed by atoms with Gasteiger partial charge in [-0.25, -0.2) is 9.97 Å². The summed E-state index contributed by atoms with van der Waals surface area (Å²) in [4.78, 5) is 37.4. The van der Waals surface area contributed by atoms with E-state index in [1.54, 1.807) is 29.4 Å². The van der Waals surface area contributed by atoms with Crippen LogP contribution in [0.2, 0.25) is 0 Å². The first-order chi connectivity index (χ1) is 13.2. The zero-order chi connectivity index (χ0) is 18.6. The van der Waals surface area contributed by atoms with E-state index in [-0.39, 0.29) is 24.1 Å². The molecule has 1 atom stereocenters. The maximum Gasteiger partial charge on any atom is 0.250 e. The van der Waals surface area contributed by atoms with Crippen LogP contribution in [0.5, 0.6) is 0 Å². The first kappa shape index (κ1) is 17.7. The monoisotopic (exact) mass is 369 g/mol. The van der Waals surface area contributed by atoms with E-state index in [1.165, 1.54) is 10.6 Å². The standard InChI is InChI=1S/C19H23N5O3/c25-17-5-1-2-10-23(17)14-18(26)24-11-12-27-16(13-24)15-6-7-20-19(21-15)22-8-3-4-9-22/h1-2,5-7,10,16H,3-4,8-9,11-14H2. The highest BCUT2D eigenvalue weighted by Crippen LogP contribution is 2.23. The lowest BCUT2D eigenvalue weighted by Crippen LogP contribution is -2.44. The number of pyridine rings is 1. The summed E-state index contributed by atoms with van der Waals surface area (Å²) in [7, 11) is 0. The number of hydrogen-bond donors (Lipinski definition) is 0. The minimum absolute atomic E-state index is 0.0369. The van der Waals surface area contributed by atoms with Crippen molar-refractivity contribution in [1.82, 2.24) is 19.4 Å². The second-order valence-electron chi connectivity index (χ2n) is 6.84. The van der Waals surface area contributed by atoms with E-state index in [2.05, 4.69) is 14.9 Å². The highest BCUT2D eigenvalue weighted by molar-refractivity contribution is 5.76. The Morgan fingerprint density at radius 1 is 1.19 bits per heavy atom. The molecule has 0 bridgehead atoms. The number of ether oxygens (including phenoxy) is 1. The molecular weight excluding hydrogens is 346 g/mol. The molecular formula is C19H23N5O3. The van der Waals surface area contributed by atoms with Crippen molar-refractivity contribution in [3.8, 4) is 0 Å². The van der Waals surface area contributed by atoms with Crippen LogP contribution in [0, 0.1) is 0 Å². The van der Waals surface area contributed by atoms with Crippen molar-refractivity contribution in [2.75, 3.05) is 37.7 Å². The van der Waals surface area contributed by atoms with Gasteiger partial charge >= 0.3 is 0 Å². The second-order valence-corrected chi connectivity index (χ2v) is 6.84. The summed E-state index contributed by atoms with van der Waals surface area (Å²) in [5.74, 6) is 0.637. The predicted octanol–water partition coefficient (Wildman–Crippen LogP) is 0.839. The Labute approximate surface area is 157 Å². The molecule has 8 nitrogen and oxygen atoms in total. The van der Waals surface area contributed by atoms with Crippen LogP contribution in [0.15, 0.2) is 41.5 Å². The van der Waals surface area contributed by atoms with Crippen molar-refractivity contribution in [2.24, 2.45) is 0 Å². The lowest BCUT2D eigenvalue weighted by molar-refractivity contribution is -0.139. The Morgan fingerprint density at radius 3 is 2.85 bits per heavy atom. The number of nitrogens with zero attached hydrogens (tertiary/aromatic N) is 5. The number of aromatic nitrogens is 3. The molecule has 142 valence electrons.